The second-order valence-corrected chi connectivity index (χ2v) is 6.78. The summed E-state index contributed by atoms with van der Waals surface area (Å²) in [7, 11) is 0. The fourth-order valence-corrected chi connectivity index (χ4v) is 3.22. The summed E-state index contributed by atoms with van der Waals surface area (Å²) < 4.78 is 5.72. The SMILES string of the molecule is Cc1cc(C)c(C)c(OCC(=O)Nc2ccc(N3CCCC3)cc2)c1. The third kappa shape index (κ3) is 4.32. The van der Waals surface area contributed by atoms with Crippen molar-refractivity contribution in [3.8, 4) is 5.75 Å². The van der Waals surface area contributed by atoms with Crippen LogP contribution in [0.1, 0.15) is 29.5 Å². The summed E-state index contributed by atoms with van der Waals surface area (Å²) in [5.74, 6) is 0.629. The molecule has 0 saturated carbocycles. The maximum Gasteiger partial charge on any atom is 0.262 e. The van der Waals surface area contributed by atoms with Gasteiger partial charge < -0.3 is 15.0 Å². The Kier molecular flexibility index (Phi) is 5.27. The van der Waals surface area contributed by atoms with E-state index in [1.165, 1.54) is 24.1 Å². The molecule has 1 aliphatic heterocycles. The first-order chi connectivity index (χ1) is 12.0. The number of nitrogens with zero attached hydrogens (tertiary/aromatic N) is 1. The predicted molar refractivity (Wildman–Crippen MR) is 103 cm³/mol. The molecule has 132 valence electrons. The number of aryl methyl sites for hydroxylation is 2. The van der Waals surface area contributed by atoms with Gasteiger partial charge in [-0.15, -0.1) is 0 Å². The second-order valence-electron chi connectivity index (χ2n) is 6.78. The maximum absolute atomic E-state index is 12.2. The Hall–Kier alpha value is -2.49. The first-order valence-corrected chi connectivity index (χ1v) is 8.88. The summed E-state index contributed by atoms with van der Waals surface area (Å²) in [6.07, 6.45) is 2.52. The highest BCUT2D eigenvalue weighted by atomic mass is 16.5. The van der Waals surface area contributed by atoms with Crippen LogP contribution in [0, 0.1) is 20.8 Å². The average Bonchev–Trinajstić information content (AvgIpc) is 3.12. The molecule has 2 aromatic carbocycles. The summed E-state index contributed by atoms with van der Waals surface area (Å²) in [5.41, 5.74) is 5.41. The molecule has 2 aromatic rings. The molecule has 0 aromatic heterocycles. The molecule has 0 spiro atoms. The van der Waals surface area contributed by atoms with Gasteiger partial charge >= 0.3 is 0 Å². The maximum atomic E-state index is 12.2. The molecule has 0 bridgehead atoms. The van der Waals surface area contributed by atoms with Crippen molar-refractivity contribution >= 4 is 17.3 Å². The Morgan fingerprint density at radius 2 is 1.76 bits per heavy atom. The van der Waals surface area contributed by atoms with Crippen molar-refractivity contribution in [3.05, 3.63) is 53.1 Å². The number of carbonyl (C=O) groups is 1. The monoisotopic (exact) mass is 338 g/mol. The lowest BCUT2D eigenvalue weighted by Gasteiger charge is -2.18. The molecule has 0 aliphatic carbocycles. The molecule has 0 atom stereocenters. The molecule has 4 heteroatoms. The lowest BCUT2D eigenvalue weighted by molar-refractivity contribution is -0.118. The van der Waals surface area contributed by atoms with Crippen molar-refractivity contribution in [2.24, 2.45) is 0 Å². The van der Waals surface area contributed by atoms with Crippen LogP contribution in [0.5, 0.6) is 5.75 Å². The van der Waals surface area contributed by atoms with E-state index >= 15 is 0 Å². The molecule has 3 rings (SSSR count). The Labute approximate surface area is 149 Å². The number of benzene rings is 2. The first-order valence-electron chi connectivity index (χ1n) is 8.88. The van der Waals surface area contributed by atoms with Crippen molar-refractivity contribution < 1.29 is 9.53 Å². The third-order valence-corrected chi connectivity index (χ3v) is 4.75. The number of hydrogen-bond donors (Lipinski definition) is 1. The number of rotatable bonds is 5. The van der Waals surface area contributed by atoms with E-state index in [-0.39, 0.29) is 12.5 Å². The van der Waals surface area contributed by atoms with E-state index < -0.39 is 0 Å². The Morgan fingerprint density at radius 1 is 1.08 bits per heavy atom. The van der Waals surface area contributed by atoms with Gasteiger partial charge in [0.15, 0.2) is 6.61 Å². The summed E-state index contributed by atoms with van der Waals surface area (Å²) in [6, 6.07) is 12.1. The highest BCUT2D eigenvalue weighted by molar-refractivity contribution is 5.92. The van der Waals surface area contributed by atoms with Gasteiger partial charge in [-0.25, -0.2) is 0 Å². The number of hydrogen-bond acceptors (Lipinski definition) is 3. The van der Waals surface area contributed by atoms with E-state index in [4.69, 9.17) is 4.74 Å². The molecule has 25 heavy (non-hydrogen) atoms. The standard InChI is InChI=1S/C21H26N2O2/c1-15-12-16(2)17(3)20(13-15)25-14-21(24)22-18-6-8-19(9-7-18)23-10-4-5-11-23/h6-9,12-13H,4-5,10-11,14H2,1-3H3,(H,22,24). The molecule has 1 fully saturated rings. The molecule has 1 heterocycles. The number of ether oxygens (including phenoxy) is 1. The number of carbonyl (C=O) groups excluding carboxylic acids is 1. The summed E-state index contributed by atoms with van der Waals surface area (Å²) in [6.45, 7) is 8.35. The van der Waals surface area contributed by atoms with Gasteiger partial charge in [0.25, 0.3) is 5.91 Å². The zero-order valence-electron chi connectivity index (χ0n) is 15.3. The van der Waals surface area contributed by atoms with Crippen LogP contribution in [-0.4, -0.2) is 25.6 Å². The van der Waals surface area contributed by atoms with Crippen LogP contribution in [-0.2, 0) is 4.79 Å². The number of nitrogens with one attached hydrogen (secondary N) is 1. The molecule has 1 amide bonds. The zero-order valence-corrected chi connectivity index (χ0v) is 15.3. The van der Waals surface area contributed by atoms with Crippen LogP contribution in [0.25, 0.3) is 0 Å². The van der Waals surface area contributed by atoms with E-state index in [0.29, 0.717) is 0 Å². The van der Waals surface area contributed by atoms with Gasteiger partial charge in [-0.1, -0.05) is 6.07 Å². The Morgan fingerprint density at radius 3 is 2.44 bits per heavy atom. The molecule has 0 radical (unpaired) electrons. The third-order valence-electron chi connectivity index (χ3n) is 4.75. The topological polar surface area (TPSA) is 41.6 Å². The number of amides is 1. The minimum atomic E-state index is -0.146. The summed E-state index contributed by atoms with van der Waals surface area (Å²) in [5, 5.41) is 2.90. The van der Waals surface area contributed by atoms with Crippen molar-refractivity contribution in [3.63, 3.8) is 0 Å². The van der Waals surface area contributed by atoms with Crippen molar-refractivity contribution in [1.29, 1.82) is 0 Å². The fourth-order valence-electron chi connectivity index (χ4n) is 3.22. The van der Waals surface area contributed by atoms with Gasteiger partial charge in [-0.05, 0) is 80.6 Å². The van der Waals surface area contributed by atoms with Crippen molar-refractivity contribution in [2.75, 3.05) is 29.9 Å². The molecule has 1 aliphatic rings. The quantitative estimate of drug-likeness (QED) is 0.887. The fraction of sp³-hybridized carbons (Fsp3) is 0.381. The molecular formula is C21H26N2O2. The van der Waals surface area contributed by atoms with Crippen molar-refractivity contribution in [1.82, 2.24) is 0 Å². The van der Waals surface area contributed by atoms with Crippen LogP contribution < -0.4 is 15.0 Å². The van der Waals surface area contributed by atoms with Gasteiger partial charge in [0.05, 0.1) is 0 Å². The minimum Gasteiger partial charge on any atom is -0.483 e. The smallest absolute Gasteiger partial charge is 0.262 e. The van der Waals surface area contributed by atoms with Gasteiger partial charge in [0.2, 0.25) is 0 Å². The summed E-state index contributed by atoms with van der Waals surface area (Å²) >= 11 is 0. The molecule has 0 unspecified atom stereocenters. The van der Waals surface area contributed by atoms with E-state index in [2.05, 4.69) is 35.3 Å². The largest absolute Gasteiger partial charge is 0.483 e. The van der Waals surface area contributed by atoms with Gasteiger partial charge in [0.1, 0.15) is 5.75 Å². The van der Waals surface area contributed by atoms with E-state index in [0.717, 1.165) is 35.7 Å². The molecule has 1 saturated heterocycles. The lowest BCUT2D eigenvalue weighted by atomic mass is 10.1. The van der Waals surface area contributed by atoms with Crippen LogP contribution in [0.15, 0.2) is 36.4 Å². The van der Waals surface area contributed by atoms with Gasteiger partial charge in [0, 0.05) is 24.5 Å². The Bertz CT molecular complexity index is 747. The highest BCUT2D eigenvalue weighted by Crippen LogP contribution is 2.24. The average molecular weight is 338 g/mol. The van der Waals surface area contributed by atoms with E-state index in [1.54, 1.807) is 0 Å². The van der Waals surface area contributed by atoms with Crippen LogP contribution in [0.2, 0.25) is 0 Å². The molecule has 1 N–H and O–H groups in total. The van der Waals surface area contributed by atoms with E-state index in [9.17, 15) is 4.79 Å². The van der Waals surface area contributed by atoms with E-state index in [1.807, 2.05) is 32.0 Å². The first kappa shape index (κ1) is 17.3. The predicted octanol–water partition coefficient (Wildman–Crippen LogP) is 4.23. The van der Waals surface area contributed by atoms with Crippen LogP contribution in [0.3, 0.4) is 0 Å². The summed E-state index contributed by atoms with van der Waals surface area (Å²) in [4.78, 5) is 14.5. The normalized spacial score (nSPS) is 13.8. The molecule has 4 nitrogen and oxygen atoms in total. The number of anilines is 2. The minimum absolute atomic E-state index is 0.0115. The second kappa shape index (κ2) is 7.60. The highest BCUT2D eigenvalue weighted by Gasteiger charge is 2.12. The van der Waals surface area contributed by atoms with Crippen LogP contribution in [0.4, 0.5) is 11.4 Å². The Balaban J connectivity index is 1.56. The van der Waals surface area contributed by atoms with Gasteiger partial charge in [-0.2, -0.15) is 0 Å². The van der Waals surface area contributed by atoms with Gasteiger partial charge in [-0.3, -0.25) is 4.79 Å². The zero-order chi connectivity index (χ0) is 17.8. The van der Waals surface area contributed by atoms with Crippen LogP contribution >= 0.6 is 0 Å². The molecular weight excluding hydrogens is 312 g/mol. The van der Waals surface area contributed by atoms with Crippen molar-refractivity contribution in [2.45, 2.75) is 33.6 Å². The lowest BCUT2D eigenvalue weighted by Crippen LogP contribution is -2.21.